The molecule has 0 fully saturated rings. The molecule has 4 heteroatoms. The number of rotatable bonds is 22. The van der Waals surface area contributed by atoms with Crippen LogP contribution in [0.4, 0.5) is 0 Å². The van der Waals surface area contributed by atoms with Gasteiger partial charge in [-0.25, -0.2) is 0 Å². The van der Waals surface area contributed by atoms with Gasteiger partial charge < -0.3 is 9.47 Å². The average molecular weight is 427 g/mol. The summed E-state index contributed by atoms with van der Waals surface area (Å²) < 4.78 is 10.5. The van der Waals surface area contributed by atoms with Gasteiger partial charge in [0.25, 0.3) is 0 Å². The van der Waals surface area contributed by atoms with Crippen LogP contribution in [0.15, 0.2) is 0 Å². The maximum atomic E-state index is 11.7. The molecule has 1 atom stereocenters. The molecule has 0 radical (unpaired) electrons. The van der Waals surface area contributed by atoms with E-state index in [9.17, 15) is 9.59 Å². The van der Waals surface area contributed by atoms with Crippen molar-refractivity contribution in [3.63, 3.8) is 0 Å². The second-order valence-electron chi connectivity index (χ2n) is 8.84. The Kier molecular flexibility index (Phi) is 21.8. The largest absolute Gasteiger partial charge is 0.466 e. The van der Waals surface area contributed by atoms with Crippen LogP contribution in [-0.2, 0) is 19.1 Å². The Hall–Kier alpha value is -1.06. The lowest BCUT2D eigenvalue weighted by Gasteiger charge is -2.09. The van der Waals surface area contributed by atoms with Gasteiger partial charge in [-0.2, -0.15) is 0 Å². The molecule has 0 saturated heterocycles. The van der Waals surface area contributed by atoms with Gasteiger partial charge in [0.1, 0.15) is 0 Å². The first-order valence-corrected chi connectivity index (χ1v) is 12.9. The highest BCUT2D eigenvalue weighted by molar-refractivity contribution is 5.72. The quantitative estimate of drug-likeness (QED) is 0.131. The molecule has 0 bridgehead atoms. The lowest BCUT2D eigenvalue weighted by Crippen LogP contribution is -2.10. The fourth-order valence-corrected chi connectivity index (χ4v) is 3.41. The highest BCUT2D eigenvalue weighted by Gasteiger charge is 2.08. The molecular formula is C26H50O4. The summed E-state index contributed by atoms with van der Waals surface area (Å²) in [4.78, 5) is 23.3. The van der Waals surface area contributed by atoms with Crippen LogP contribution in [0.1, 0.15) is 136 Å². The van der Waals surface area contributed by atoms with Crippen LogP contribution in [-0.4, -0.2) is 25.2 Å². The summed E-state index contributed by atoms with van der Waals surface area (Å²) in [5.41, 5.74) is 0. The first-order valence-electron chi connectivity index (χ1n) is 12.9. The second-order valence-corrected chi connectivity index (χ2v) is 8.84. The molecule has 178 valence electrons. The second kappa shape index (κ2) is 22.6. The topological polar surface area (TPSA) is 52.6 Å². The molecule has 0 aromatic rings. The molecule has 0 heterocycles. The Morgan fingerprint density at radius 2 is 1.03 bits per heavy atom. The number of hydrogen-bond acceptors (Lipinski definition) is 4. The zero-order valence-corrected chi connectivity index (χ0v) is 20.4. The van der Waals surface area contributed by atoms with E-state index in [2.05, 4.69) is 20.8 Å². The van der Waals surface area contributed by atoms with Crippen LogP contribution in [0.3, 0.4) is 0 Å². The van der Waals surface area contributed by atoms with E-state index in [0.29, 0.717) is 38.4 Å². The molecule has 0 aliphatic heterocycles. The van der Waals surface area contributed by atoms with E-state index in [1.54, 1.807) is 0 Å². The first-order chi connectivity index (χ1) is 14.6. The van der Waals surface area contributed by atoms with Gasteiger partial charge in [-0.05, 0) is 25.2 Å². The van der Waals surface area contributed by atoms with E-state index in [1.165, 1.54) is 70.6 Å². The molecule has 0 aliphatic rings. The predicted molar refractivity (Wildman–Crippen MR) is 126 cm³/mol. The van der Waals surface area contributed by atoms with E-state index in [4.69, 9.17) is 9.47 Å². The van der Waals surface area contributed by atoms with Crippen LogP contribution >= 0.6 is 0 Å². The van der Waals surface area contributed by atoms with Crippen molar-refractivity contribution in [1.82, 2.24) is 0 Å². The minimum Gasteiger partial charge on any atom is -0.466 e. The van der Waals surface area contributed by atoms with Crippen LogP contribution in [0, 0.1) is 5.92 Å². The summed E-state index contributed by atoms with van der Waals surface area (Å²) in [7, 11) is 0. The Morgan fingerprint density at radius 1 is 0.600 bits per heavy atom. The molecule has 0 aliphatic carbocycles. The summed E-state index contributed by atoms with van der Waals surface area (Å²) in [5, 5.41) is 0. The van der Waals surface area contributed by atoms with Gasteiger partial charge in [-0.15, -0.1) is 0 Å². The van der Waals surface area contributed by atoms with Crippen LogP contribution < -0.4 is 0 Å². The normalized spacial score (nSPS) is 12.0. The molecule has 0 saturated carbocycles. The Labute approximate surface area is 186 Å². The van der Waals surface area contributed by atoms with Gasteiger partial charge in [0.05, 0.1) is 13.2 Å². The smallest absolute Gasteiger partial charge is 0.305 e. The van der Waals surface area contributed by atoms with Gasteiger partial charge in [0.2, 0.25) is 0 Å². The van der Waals surface area contributed by atoms with E-state index in [-0.39, 0.29) is 11.9 Å². The summed E-state index contributed by atoms with van der Waals surface area (Å²) in [5.74, 6) is 0.182. The van der Waals surface area contributed by atoms with Crippen LogP contribution in [0.25, 0.3) is 0 Å². The maximum absolute atomic E-state index is 11.7. The third-order valence-corrected chi connectivity index (χ3v) is 5.84. The van der Waals surface area contributed by atoms with E-state index >= 15 is 0 Å². The van der Waals surface area contributed by atoms with Gasteiger partial charge in [0, 0.05) is 12.8 Å². The number of ether oxygens (including phenoxy) is 2. The molecular weight excluding hydrogens is 376 g/mol. The first kappa shape index (κ1) is 28.9. The number of unbranched alkanes of at least 4 members (excludes halogenated alkanes) is 12. The standard InChI is InChI=1S/C26H50O4/c1-4-6-7-8-9-10-11-12-13-14-15-16-17-22-29-25(27)19-18-20-26(28)30-23-21-24(3)5-2/h24H,4-23H2,1-3H3. The van der Waals surface area contributed by atoms with Crippen molar-refractivity contribution in [2.24, 2.45) is 5.92 Å². The SMILES string of the molecule is CCCCCCCCCCCCCCCOC(=O)CCCC(=O)OCCC(C)CC. The summed E-state index contributed by atoms with van der Waals surface area (Å²) >= 11 is 0. The minimum atomic E-state index is -0.206. The highest BCUT2D eigenvalue weighted by Crippen LogP contribution is 2.12. The van der Waals surface area contributed by atoms with E-state index in [1.807, 2.05) is 0 Å². The van der Waals surface area contributed by atoms with E-state index in [0.717, 1.165) is 25.7 Å². The molecule has 0 aromatic heterocycles. The van der Waals surface area contributed by atoms with E-state index < -0.39 is 0 Å². The molecule has 30 heavy (non-hydrogen) atoms. The summed E-state index contributed by atoms with van der Waals surface area (Å²) in [6, 6.07) is 0. The average Bonchev–Trinajstić information content (AvgIpc) is 2.73. The van der Waals surface area contributed by atoms with Crippen molar-refractivity contribution in [1.29, 1.82) is 0 Å². The zero-order chi connectivity index (χ0) is 22.3. The molecule has 0 rings (SSSR count). The van der Waals surface area contributed by atoms with Crippen molar-refractivity contribution >= 4 is 11.9 Å². The van der Waals surface area contributed by atoms with Gasteiger partial charge in [-0.1, -0.05) is 104 Å². The van der Waals surface area contributed by atoms with Gasteiger partial charge in [-0.3, -0.25) is 9.59 Å². The molecule has 1 unspecified atom stereocenters. The van der Waals surface area contributed by atoms with Crippen LogP contribution in [0.5, 0.6) is 0 Å². The number of carbonyl (C=O) groups is 2. The molecule has 0 amide bonds. The Bertz CT molecular complexity index is 394. The fraction of sp³-hybridized carbons (Fsp3) is 0.923. The molecule has 0 spiro atoms. The number of carbonyl (C=O) groups excluding carboxylic acids is 2. The molecule has 0 aromatic carbocycles. The van der Waals surface area contributed by atoms with Crippen molar-refractivity contribution in [2.75, 3.05) is 13.2 Å². The Balaban J connectivity index is 3.29. The summed E-state index contributed by atoms with van der Waals surface area (Å²) in [6.07, 6.45) is 20.2. The summed E-state index contributed by atoms with van der Waals surface area (Å²) in [6.45, 7) is 7.55. The van der Waals surface area contributed by atoms with Crippen molar-refractivity contribution in [3.05, 3.63) is 0 Å². The Morgan fingerprint density at radius 3 is 1.50 bits per heavy atom. The van der Waals surface area contributed by atoms with Crippen molar-refractivity contribution < 1.29 is 19.1 Å². The maximum Gasteiger partial charge on any atom is 0.305 e. The fourth-order valence-electron chi connectivity index (χ4n) is 3.41. The number of hydrogen-bond donors (Lipinski definition) is 0. The monoisotopic (exact) mass is 426 g/mol. The minimum absolute atomic E-state index is 0.193. The third kappa shape index (κ3) is 21.6. The number of esters is 2. The van der Waals surface area contributed by atoms with Crippen molar-refractivity contribution in [3.8, 4) is 0 Å². The zero-order valence-electron chi connectivity index (χ0n) is 20.4. The third-order valence-electron chi connectivity index (χ3n) is 5.84. The van der Waals surface area contributed by atoms with Crippen LogP contribution in [0.2, 0.25) is 0 Å². The molecule has 0 N–H and O–H groups in total. The molecule has 4 nitrogen and oxygen atoms in total. The van der Waals surface area contributed by atoms with Gasteiger partial charge >= 0.3 is 11.9 Å². The van der Waals surface area contributed by atoms with Crippen molar-refractivity contribution in [2.45, 2.75) is 136 Å². The highest BCUT2D eigenvalue weighted by atomic mass is 16.5. The lowest BCUT2D eigenvalue weighted by molar-refractivity contribution is -0.145. The lowest BCUT2D eigenvalue weighted by atomic mass is 10.0. The predicted octanol–water partition coefficient (Wildman–Crippen LogP) is 7.77. The van der Waals surface area contributed by atoms with Gasteiger partial charge in [0.15, 0.2) is 0 Å².